The number of carbonyl (C=O) groups is 1. The molecule has 0 aliphatic carbocycles. The molecule has 0 spiro atoms. The molecule has 4 rings (SSSR count). The van der Waals surface area contributed by atoms with Crippen molar-refractivity contribution in [3.63, 3.8) is 0 Å². The third-order valence-corrected chi connectivity index (χ3v) is 6.61. The van der Waals surface area contributed by atoms with Crippen LogP contribution in [-0.4, -0.2) is 37.7 Å². The van der Waals surface area contributed by atoms with Gasteiger partial charge >= 0.3 is 5.97 Å². The number of sulfonamides is 1. The molecule has 0 saturated carbocycles. The maximum atomic E-state index is 12.8. The van der Waals surface area contributed by atoms with E-state index in [1.165, 1.54) is 0 Å². The summed E-state index contributed by atoms with van der Waals surface area (Å²) in [6, 6.07) is 12.3. The van der Waals surface area contributed by atoms with E-state index in [1.807, 2.05) is 32.0 Å². The van der Waals surface area contributed by atoms with Gasteiger partial charge in [0.15, 0.2) is 5.84 Å². The molecule has 0 N–H and O–H groups in total. The molecule has 0 radical (unpaired) electrons. The first kappa shape index (κ1) is 18.7. The lowest BCUT2D eigenvalue weighted by atomic mass is 10.1. The van der Waals surface area contributed by atoms with Crippen LogP contribution in [0.2, 0.25) is 0 Å². The minimum Gasteiger partial charge on any atom is -0.459 e. The summed E-state index contributed by atoms with van der Waals surface area (Å²) in [5.41, 5.74) is 3.71. The van der Waals surface area contributed by atoms with Crippen LogP contribution in [0.25, 0.3) is 0 Å². The Morgan fingerprint density at radius 2 is 2.00 bits per heavy atom. The van der Waals surface area contributed by atoms with Crippen molar-refractivity contribution >= 4 is 21.8 Å². The van der Waals surface area contributed by atoms with Gasteiger partial charge in [-0.2, -0.15) is 8.42 Å². The van der Waals surface area contributed by atoms with Crippen LogP contribution in [-0.2, 0) is 26.2 Å². The van der Waals surface area contributed by atoms with Gasteiger partial charge < -0.3 is 9.64 Å². The third-order valence-electron chi connectivity index (χ3n) is 5.28. The molecule has 2 aromatic carbocycles. The lowest BCUT2D eigenvalue weighted by molar-refractivity contribution is -0.149. The van der Waals surface area contributed by atoms with Gasteiger partial charge in [0, 0.05) is 12.1 Å². The van der Waals surface area contributed by atoms with E-state index < -0.39 is 16.1 Å². The van der Waals surface area contributed by atoms with Crippen LogP contribution in [0, 0.1) is 13.8 Å². The normalized spacial score (nSPS) is 20.0. The highest BCUT2D eigenvalue weighted by Crippen LogP contribution is 2.31. The van der Waals surface area contributed by atoms with Gasteiger partial charge in [-0.1, -0.05) is 35.9 Å². The van der Waals surface area contributed by atoms with Crippen LogP contribution in [0.4, 0.5) is 0 Å². The van der Waals surface area contributed by atoms with Crippen molar-refractivity contribution in [3.8, 4) is 0 Å². The van der Waals surface area contributed by atoms with Crippen LogP contribution in [0.15, 0.2) is 51.8 Å². The van der Waals surface area contributed by atoms with E-state index in [-0.39, 0.29) is 17.5 Å². The number of esters is 1. The molecule has 146 valence electrons. The first-order valence-corrected chi connectivity index (χ1v) is 10.7. The first-order chi connectivity index (χ1) is 13.4. The second-order valence-corrected chi connectivity index (χ2v) is 8.85. The highest BCUT2D eigenvalue weighted by molar-refractivity contribution is 7.90. The maximum Gasteiger partial charge on any atom is 0.329 e. The van der Waals surface area contributed by atoms with Crippen molar-refractivity contribution < 1.29 is 17.9 Å². The van der Waals surface area contributed by atoms with Crippen LogP contribution in [0.3, 0.4) is 0 Å². The molecule has 1 saturated heterocycles. The van der Waals surface area contributed by atoms with Gasteiger partial charge in [0.25, 0.3) is 10.0 Å². The molecular formula is C21H22N2O4S. The highest BCUT2D eigenvalue weighted by atomic mass is 32.2. The van der Waals surface area contributed by atoms with Gasteiger partial charge in [-0.05, 0) is 49.9 Å². The molecule has 6 nitrogen and oxygen atoms in total. The Labute approximate surface area is 164 Å². The lowest BCUT2D eigenvalue weighted by Crippen LogP contribution is -2.41. The van der Waals surface area contributed by atoms with Crippen LogP contribution in [0.5, 0.6) is 0 Å². The summed E-state index contributed by atoms with van der Waals surface area (Å²) in [6.45, 7) is 4.77. The van der Waals surface area contributed by atoms with Crippen molar-refractivity contribution in [1.29, 1.82) is 0 Å². The van der Waals surface area contributed by atoms with E-state index in [0.29, 0.717) is 24.4 Å². The lowest BCUT2D eigenvalue weighted by Gasteiger charge is -2.25. The molecule has 7 heteroatoms. The number of aryl methyl sites for hydroxylation is 2. The summed E-state index contributed by atoms with van der Waals surface area (Å²) in [5, 5.41) is 0. The van der Waals surface area contributed by atoms with Crippen molar-refractivity contribution in [2.24, 2.45) is 4.40 Å². The SMILES string of the molecule is Cc1ccc(C)c(COC(=O)[C@@H]2CCCN2C2=NS(=O)(=O)c3ccccc32)c1. The third kappa shape index (κ3) is 3.30. The largest absolute Gasteiger partial charge is 0.459 e. The Morgan fingerprint density at radius 3 is 2.82 bits per heavy atom. The van der Waals surface area contributed by atoms with Gasteiger partial charge in [0.05, 0.1) is 0 Å². The molecular weight excluding hydrogens is 376 g/mol. The zero-order valence-electron chi connectivity index (χ0n) is 15.9. The predicted molar refractivity (Wildman–Crippen MR) is 106 cm³/mol. The van der Waals surface area contributed by atoms with E-state index in [1.54, 1.807) is 29.2 Å². The molecule has 0 aromatic heterocycles. The second kappa shape index (κ2) is 7.05. The fraction of sp³-hybridized carbons (Fsp3) is 0.333. The number of nitrogens with zero attached hydrogens (tertiary/aromatic N) is 2. The fourth-order valence-corrected chi connectivity index (χ4v) is 4.98. The zero-order chi connectivity index (χ0) is 19.9. The van der Waals surface area contributed by atoms with Crippen LogP contribution in [0.1, 0.15) is 35.1 Å². The second-order valence-electron chi connectivity index (χ2n) is 7.28. The maximum absolute atomic E-state index is 12.8. The number of rotatable bonds is 3. The Kier molecular flexibility index (Phi) is 4.71. The summed E-state index contributed by atoms with van der Waals surface area (Å²) in [7, 11) is -3.71. The predicted octanol–water partition coefficient (Wildman–Crippen LogP) is 2.96. The van der Waals surface area contributed by atoms with Crippen molar-refractivity contribution in [2.45, 2.75) is 44.2 Å². The standard InChI is InChI=1S/C21H22N2O4S/c1-14-9-10-15(2)16(12-14)13-27-21(24)18-7-5-11-23(18)20-17-6-3-4-8-19(17)28(25,26)22-20/h3-4,6,8-10,12,18H,5,7,11,13H2,1-2H3/t18-/m0/s1. The average Bonchev–Trinajstić information content (AvgIpc) is 3.25. The Hall–Kier alpha value is -2.67. The number of hydrogen-bond acceptors (Lipinski definition) is 5. The Morgan fingerprint density at radius 1 is 1.21 bits per heavy atom. The molecule has 0 amide bonds. The minimum absolute atomic E-state index is 0.194. The summed E-state index contributed by atoms with van der Waals surface area (Å²) in [5.74, 6) is 0.00433. The smallest absolute Gasteiger partial charge is 0.329 e. The number of carbonyl (C=O) groups excluding carboxylic acids is 1. The van der Waals surface area contributed by atoms with E-state index in [2.05, 4.69) is 4.40 Å². The van der Waals surface area contributed by atoms with E-state index in [0.717, 1.165) is 23.1 Å². The molecule has 2 aliphatic rings. The van der Waals surface area contributed by atoms with E-state index in [4.69, 9.17) is 4.74 Å². The number of likely N-dealkylation sites (tertiary alicyclic amines) is 1. The summed E-state index contributed by atoms with van der Waals surface area (Å²) >= 11 is 0. The Bertz CT molecular complexity index is 1080. The molecule has 0 bridgehead atoms. The average molecular weight is 398 g/mol. The quantitative estimate of drug-likeness (QED) is 0.743. The zero-order valence-corrected chi connectivity index (χ0v) is 16.7. The van der Waals surface area contributed by atoms with Gasteiger partial charge in [0.1, 0.15) is 17.5 Å². The summed E-state index contributed by atoms with van der Waals surface area (Å²) < 4.78 is 34.2. The number of ether oxygens (including phenoxy) is 1. The number of benzene rings is 2. The van der Waals surface area contributed by atoms with Crippen LogP contribution < -0.4 is 0 Å². The molecule has 0 unspecified atom stereocenters. The summed E-state index contributed by atoms with van der Waals surface area (Å²) in [4.78, 5) is 14.8. The van der Waals surface area contributed by atoms with E-state index >= 15 is 0 Å². The number of amidine groups is 1. The molecule has 2 aliphatic heterocycles. The number of hydrogen-bond donors (Lipinski definition) is 0. The number of fused-ring (bicyclic) bond motifs is 1. The molecule has 2 heterocycles. The van der Waals surface area contributed by atoms with Gasteiger partial charge in [-0.3, -0.25) is 0 Å². The highest BCUT2D eigenvalue weighted by Gasteiger charge is 2.39. The monoisotopic (exact) mass is 398 g/mol. The van der Waals surface area contributed by atoms with E-state index in [9.17, 15) is 13.2 Å². The van der Waals surface area contributed by atoms with Crippen LogP contribution >= 0.6 is 0 Å². The fourth-order valence-electron chi connectivity index (χ4n) is 3.76. The van der Waals surface area contributed by atoms with Crippen molar-refractivity contribution in [1.82, 2.24) is 4.90 Å². The van der Waals surface area contributed by atoms with Crippen molar-refractivity contribution in [3.05, 3.63) is 64.7 Å². The molecule has 28 heavy (non-hydrogen) atoms. The van der Waals surface area contributed by atoms with Crippen molar-refractivity contribution in [2.75, 3.05) is 6.54 Å². The topological polar surface area (TPSA) is 76.0 Å². The first-order valence-electron chi connectivity index (χ1n) is 9.30. The van der Waals surface area contributed by atoms with Gasteiger partial charge in [-0.15, -0.1) is 4.40 Å². The minimum atomic E-state index is -3.71. The molecule has 1 atom stereocenters. The Balaban J connectivity index is 1.54. The molecule has 1 fully saturated rings. The van der Waals surface area contributed by atoms with Gasteiger partial charge in [-0.25, -0.2) is 4.79 Å². The molecule has 2 aromatic rings. The van der Waals surface area contributed by atoms with Gasteiger partial charge in [0.2, 0.25) is 0 Å². The summed E-state index contributed by atoms with van der Waals surface area (Å²) in [6.07, 6.45) is 1.40.